The lowest BCUT2D eigenvalue weighted by atomic mass is 10.1. The molecule has 4 rings (SSSR count). The third-order valence-corrected chi connectivity index (χ3v) is 5.30. The Morgan fingerprint density at radius 1 is 1.24 bits per heavy atom. The SMILES string of the molecule is C[C@H]1CCN(c2ncc(C#N)c(Nc3ccc(C(=O)N4CCOCC4)cc3)n2)C1. The van der Waals surface area contributed by atoms with Gasteiger partial charge in [-0.2, -0.15) is 10.2 Å². The van der Waals surface area contributed by atoms with Crippen molar-refractivity contribution < 1.29 is 9.53 Å². The molecule has 0 radical (unpaired) electrons. The molecule has 2 aliphatic heterocycles. The molecule has 2 aromatic rings. The molecule has 0 aliphatic carbocycles. The minimum atomic E-state index is 0.00467. The third-order valence-electron chi connectivity index (χ3n) is 5.30. The highest BCUT2D eigenvalue weighted by molar-refractivity contribution is 5.94. The summed E-state index contributed by atoms with van der Waals surface area (Å²) in [5, 5.41) is 12.6. The lowest BCUT2D eigenvalue weighted by Gasteiger charge is -2.26. The maximum Gasteiger partial charge on any atom is 0.254 e. The molecule has 1 aromatic carbocycles. The second-order valence-electron chi connectivity index (χ2n) is 7.49. The highest BCUT2D eigenvalue weighted by Crippen LogP contribution is 2.24. The van der Waals surface area contributed by atoms with Gasteiger partial charge in [0.25, 0.3) is 5.91 Å². The minimum absolute atomic E-state index is 0.00467. The second kappa shape index (κ2) is 8.45. The van der Waals surface area contributed by atoms with E-state index in [9.17, 15) is 10.1 Å². The summed E-state index contributed by atoms with van der Waals surface area (Å²) in [5.74, 6) is 1.73. The number of nitriles is 1. The van der Waals surface area contributed by atoms with Crippen LogP contribution in [-0.4, -0.2) is 60.2 Å². The fourth-order valence-corrected chi connectivity index (χ4v) is 3.60. The molecule has 2 saturated heterocycles. The molecule has 0 saturated carbocycles. The third kappa shape index (κ3) is 4.30. The Labute approximate surface area is 170 Å². The maximum atomic E-state index is 12.6. The molecule has 1 N–H and O–H groups in total. The van der Waals surface area contributed by atoms with Crippen molar-refractivity contribution in [3.8, 4) is 6.07 Å². The molecule has 3 heterocycles. The van der Waals surface area contributed by atoms with E-state index in [1.807, 2.05) is 12.1 Å². The van der Waals surface area contributed by atoms with E-state index in [0.717, 1.165) is 25.2 Å². The number of hydrogen-bond donors (Lipinski definition) is 1. The first-order chi connectivity index (χ1) is 14.1. The molecule has 0 bridgehead atoms. The van der Waals surface area contributed by atoms with Crippen molar-refractivity contribution in [1.82, 2.24) is 14.9 Å². The summed E-state index contributed by atoms with van der Waals surface area (Å²) in [4.78, 5) is 25.4. The average Bonchev–Trinajstić information content (AvgIpc) is 3.21. The van der Waals surface area contributed by atoms with Gasteiger partial charge in [-0.3, -0.25) is 4.79 Å². The summed E-state index contributed by atoms with van der Waals surface area (Å²) in [5.41, 5.74) is 1.78. The molecule has 2 aliphatic rings. The molecular weight excluding hydrogens is 368 g/mol. The van der Waals surface area contributed by atoms with E-state index in [1.165, 1.54) is 0 Å². The number of hydrogen-bond acceptors (Lipinski definition) is 7. The van der Waals surface area contributed by atoms with Crippen LogP contribution in [0.5, 0.6) is 0 Å². The lowest BCUT2D eigenvalue weighted by molar-refractivity contribution is 0.0303. The number of anilines is 3. The standard InChI is InChI=1S/C21H24N6O2/c1-15-6-7-27(14-15)21-23-13-17(12-22)19(25-21)24-18-4-2-16(3-5-18)20(28)26-8-10-29-11-9-26/h2-5,13,15H,6-11,14H2,1H3,(H,23,24,25)/t15-/m0/s1. The van der Waals surface area contributed by atoms with Gasteiger partial charge in [0.2, 0.25) is 5.95 Å². The van der Waals surface area contributed by atoms with Crippen molar-refractivity contribution in [2.45, 2.75) is 13.3 Å². The zero-order valence-electron chi connectivity index (χ0n) is 16.5. The van der Waals surface area contributed by atoms with Gasteiger partial charge in [-0.1, -0.05) is 6.92 Å². The van der Waals surface area contributed by atoms with Gasteiger partial charge in [0.05, 0.1) is 19.4 Å². The number of carbonyl (C=O) groups excluding carboxylic acids is 1. The van der Waals surface area contributed by atoms with E-state index in [2.05, 4.69) is 33.2 Å². The number of aromatic nitrogens is 2. The van der Waals surface area contributed by atoms with Crippen molar-refractivity contribution in [3.05, 3.63) is 41.6 Å². The van der Waals surface area contributed by atoms with Crippen molar-refractivity contribution in [2.24, 2.45) is 5.92 Å². The van der Waals surface area contributed by atoms with Gasteiger partial charge >= 0.3 is 0 Å². The molecule has 1 amide bonds. The van der Waals surface area contributed by atoms with Crippen LogP contribution in [0.4, 0.5) is 17.5 Å². The smallest absolute Gasteiger partial charge is 0.254 e. The summed E-state index contributed by atoms with van der Waals surface area (Å²) >= 11 is 0. The Hall–Kier alpha value is -3.18. The van der Waals surface area contributed by atoms with Crippen molar-refractivity contribution in [3.63, 3.8) is 0 Å². The van der Waals surface area contributed by atoms with Crippen LogP contribution in [0.3, 0.4) is 0 Å². The van der Waals surface area contributed by atoms with Crippen LogP contribution in [0, 0.1) is 17.2 Å². The average molecular weight is 392 g/mol. The van der Waals surface area contributed by atoms with Crippen molar-refractivity contribution >= 4 is 23.4 Å². The second-order valence-corrected chi connectivity index (χ2v) is 7.49. The Balaban J connectivity index is 1.49. The number of carbonyl (C=O) groups is 1. The highest BCUT2D eigenvalue weighted by Gasteiger charge is 2.22. The first kappa shape index (κ1) is 19.2. The maximum absolute atomic E-state index is 12.6. The molecule has 0 spiro atoms. The molecular formula is C21H24N6O2. The van der Waals surface area contributed by atoms with Gasteiger partial charge in [0, 0.05) is 37.4 Å². The lowest BCUT2D eigenvalue weighted by Crippen LogP contribution is -2.40. The minimum Gasteiger partial charge on any atom is -0.378 e. The summed E-state index contributed by atoms with van der Waals surface area (Å²) in [6.07, 6.45) is 2.68. The Kier molecular flexibility index (Phi) is 5.58. The van der Waals surface area contributed by atoms with Crippen LogP contribution in [0.25, 0.3) is 0 Å². The zero-order valence-corrected chi connectivity index (χ0v) is 16.5. The molecule has 8 nitrogen and oxygen atoms in total. The number of morpholine rings is 1. The summed E-state index contributed by atoms with van der Waals surface area (Å²) < 4.78 is 5.30. The van der Waals surface area contributed by atoms with Crippen LogP contribution >= 0.6 is 0 Å². The van der Waals surface area contributed by atoms with Crippen LogP contribution in [0.1, 0.15) is 29.3 Å². The normalized spacial score (nSPS) is 19.1. The molecule has 2 fully saturated rings. The van der Waals surface area contributed by atoms with Gasteiger partial charge in [-0.25, -0.2) is 4.98 Å². The Bertz CT molecular complexity index is 918. The van der Waals surface area contributed by atoms with E-state index in [-0.39, 0.29) is 5.91 Å². The topological polar surface area (TPSA) is 94.4 Å². The van der Waals surface area contributed by atoms with Gasteiger partial charge in [-0.15, -0.1) is 0 Å². The molecule has 0 unspecified atom stereocenters. The fourth-order valence-electron chi connectivity index (χ4n) is 3.60. The molecule has 8 heteroatoms. The quantitative estimate of drug-likeness (QED) is 0.854. The molecule has 1 atom stereocenters. The Morgan fingerprint density at radius 3 is 2.66 bits per heavy atom. The van der Waals surface area contributed by atoms with Crippen LogP contribution in [0.2, 0.25) is 0 Å². The number of nitrogens with one attached hydrogen (secondary N) is 1. The molecule has 29 heavy (non-hydrogen) atoms. The van der Waals surface area contributed by atoms with Crippen molar-refractivity contribution in [2.75, 3.05) is 49.6 Å². The predicted octanol–water partition coefficient (Wildman–Crippen LogP) is 2.41. The molecule has 150 valence electrons. The van der Waals surface area contributed by atoms with Gasteiger partial charge < -0.3 is 19.9 Å². The monoisotopic (exact) mass is 392 g/mol. The predicted molar refractivity (Wildman–Crippen MR) is 109 cm³/mol. The van der Waals surface area contributed by atoms with Crippen LogP contribution < -0.4 is 10.2 Å². The largest absolute Gasteiger partial charge is 0.378 e. The van der Waals surface area contributed by atoms with E-state index in [0.29, 0.717) is 55.1 Å². The number of rotatable bonds is 4. The van der Waals surface area contributed by atoms with Crippen LogP contribution in [0.15, 0.2) is 30.5 Å². The van der Waals surface area contributed by atoms with Gasteiger partial charge in [-0.05, 0) is 36.6 Å². The zero-order chi connectivity index (χ0) is 20.2. The number of benzene rings is 1. The van der Waals surface area contributed by atoms with E-state index >= 15 is 0 Å². The summed E-state index contributed by atoms with van der Waals surface area (Å²) in [7, 11) is 0. The summed E-state index contributed by atoms with van der Waals surface area (Å²) in [6.45, 7) is 6.44. The van der Waals surface area contributed by atoms with Gasteiger partial charge in [0.15, 0.2) is 5.82 Å². The highest BCUT2D eigenvalue weighted by atomic mass is 16.5. The van der Waals surface area contributed by atoms with E-state index in [1.54, 1.807) is 23.2 Å². The van der Waals surface area contributed by atoms with Crippen LogP contribution in [-0.2, 0) is 4.74 Å². The fraction of sp³-hybridized carbons (Fsp3) is 0.429. The van der Waals surface area contributed by atoms with E-state index in [4.69, 9.17) is 4.74 Å². The van der Waals surface area contributed by atoms with Crippen molar-refractivity contribution in [1.29, 1.82) is 5.26 Å². The first-order valence-corrected chi connectivity index (χ1v) is 9.90. The number of nitrogens with zero attached hydrogens (tertiary/aromatic N) is 5. The van der Waals surface area contributed by atoms with E-state index < -0.39 is 0 Å². The number of ether oxygens (including phenoxy) is 1. The Morgan fingerprint density at radius 2 is 2.00 bits per heavy atom. The molecule has 1 aromatic heterocycles. The number of amides is 1. The summed E-state index contributed by atoms with van der Waals surface area (Å²) in [6, 6.07) is 9.37. The first-order valence-electron chi connectivity index (χ1n) is 9.90. The van der Waals surface area contributed by atoms with Gasteiger partial charge in [0.1, 0.15) is 11.6 Å².